The summed E-state index contributed by atoms with van der Waals surface area (Å²) in [5.74, 6) is 0.655. The Balaban J connectivity index is 2.39. The second kappa shape index (κ2) is 10.7. The number of carbonyl (C=O) groups is 2. The predicted octanol–water partition coefficient (Wildman–Crippen LogP) is 4.55. The van der Waals surface area contributed by atoms with E-state index in [0.29, 0.717) is 18.5 Å². The van der Waals surface area contributed by atoms with Gasteiger partial charge in [0.15, 0.2) is 0 Å². The number of methoxy groups -OCH3 is 1. The first-order valence-electron chi connectivity index (χ1n) is 10.4. The molecule has 0 fully saturated rings. The van der Waals surface area contributed by atoms with Gasteiger partial charge in [-0.1, -0.05) is 13.8 Å². The van der Waals surface area contributed by atoms with Crippen LogP contribution in [0.2, 0.25) is 0 Å². The zero-order valence-electron chi connectivity index (χ0n) is 18.9. The topological polar surface area (TPSA) is 61.9 Å². The Morgan fingerprint density at radius 2 is 1.73 bits per heavy atom. The SMILES string of the molecule is CCC(=O)Nc1ccc(N(C)C)c(CN(C(=O)c2ccc(OC)cc2)[C@H](C)CC)c1. The summed E-state index contributed by atoms with van der Waals surface area (Å²) in [5.41, 5.74) is 3.36. The molecule has 162 valence electrons. The van der Waals surface area contributed by atoms with Crippen molar-refractivity contribution < 1.29 is 14.3 Å². The molecular weight excluding hydrogens is 378 g/mol. The summed E-state index contributed by atoms with van der Waals surface area (Å²) in [6, 6.07) is 13.1. The van der Waals surface area contributed by atoms with Crippen LogP contribution in [0.5, 0.6) is 5.75 Å². The maximum absolute atomic E-state index is 13.3. The third-order valence-corrected chi connectivity index (χ3v) is 5.23. The Labute approximate surface area is 179 Å². The third kappa shape index (κ3) is 5.75. The van der Waals surface area contributed by atoms with Crippen molar-refractivity contribution in [3.8, 4) is 5.75 Å². The summed E-state index contributed by atoms with van der Waals surface area (Å²) in [4.78, 5) is 29.1. The summed E-state index contributed by atoms with van der Waals surface area (Å²) in [6.45, 7) is 6.40. The fourth-order valence-electron chi connectivity index (χ4n) is 3.21. The third-order valence-electron chi connectivity index (χ3n) is 5.23. The van der Waals surface area contributed by atoms with Gasteiger partial charge in [0.2, 0.25) is 5.91 Å². The van der Waals surface area contributed by atoms with Crippen molar-refractivity contribution in [3.05, 3.63) is 53.6 Å². The van der Waals surface area contributed by atoms with Crippen LogP contribution in [0, 0.1) is 0 Å². The van der Waals surface area contributed by atoms with Gasteiger partial charge in [-0.2, -0.15) is 0 Å². The summed E-state index contributed by atoms with van der Waals surface area (Å²) < 4.78 is 5.20. The van der Waals surface area contributed by atoms with Crippen molar-refractivity contribution in [2.75, 3.05) is 31.4 Å². The van der Waals surface area contributed by atoms with E-state index in [2.05, 4.69) is 19.2 Å². The number of ether oxygens (including phenoxy) is 1. The molecule has 0 aliphatic rings. The average molecular weight is 412 g/mol. The maximum Gasteiger partial charge on any atom is 0.254 e. The van der Waals surface area contributed by atoms with Gasteiger partial charge in [-0.3, -0.25) is 9.59 Å². The van der Waals surface area contributed by atoms with E-state index in [9.17, 15) is 9.59 Å². The first-order chi connectivity index (χ1) is 14.3. The smallest absolute Gasteiger partial charge is 0.254 e. The highest BCUT2D eigenvalue weighted by Crippen LogP contribution is 2.27. The molecule has 0 unspecified atom stereocenters. The molecule has 0 radical (unpaired) electrons. The molecule has 0 heterocycles. The highest BCUT2D eigenvalue weighted by atomic mass is 16.5. The normalized spacial score (nSPS) is 11.5. The molecule has 2 aromatic carbocycles. The molecule has 6 nitrogen and oxygen atoms in total. The molecule has 30 heavy (non-hydrogen) atoms. The van der Waals surface area contributed by atoms with Gasteiger partial charge in [0.25, 0.3) is 5.91 Å². The molecule has 0 spiro atoms. The Kier molecular flexibility index (Phi) is 8.27. The zero-order valence-corrected chi connectivity index (χ0v) is 18.9. The summed E-state index contributed by atoms with van der Waals surface area (Å²) in [5, 5.41) is 2.91. The van der Waals surface area contributed by atoms with Crippen molar-refractivity contribution in [3.63, 3.8) is 0 Å². The number of nitrogens with one attached hydrogen (secondary N) is 1. The minimum absolute atomic E-state index is 0.0280. The van der Waals surface area contributed by atoms with Gasteiger partial charge in [0.05, 0.1) is 7.11 Å². The highest BCUT2D eigenvalue weighted by Gasteiger charge is 2.22. The summed E-state index contributed by atoms with van der Waals surface area (Å²) >= 11 is 0. The Morgan fingerprint density at radius 1 is 1.07 bits per heavy atom. The van der Waals surface area contributed by atoms with Crippen LogP contribution in [0.25, 0.3) is 0 Å². The Hall–Kier alpha value is -3.02. The van der Waals surface area contributed by atoms with E-state index in [4.69, 9.17) is 4.74 Å². The lowest BCUT2D eigenvalue weighted by Crippen LogP contribution is -2.38. The molecule has 1 atom stereocenters. The van der Waals surface area contributed by atoms with Gasteiger partial charge in [0, 0.05) is 50.0 Å². The fraction of sp³-hybridized carbons (Fsp3) is 0.417. The first kappa shape index (κ1) is 23.3. The van der Waals surface area contributed by atoms with E-state index in [1.54, 1.807) is 31.4 Å². The van der Waals surface area contributed by atoms with Crippen LogP contribution < -0.4 is 15.0 Å². The lowest BCUT2D eigenvalue weighted by molar-refractivity contribution is -0.115. The van der Waals surface area contributed by atoms with Crippen LogP contribution in [0.3, 0.4) is 0 Å². The Bertz CT molecular complexity index is 862. The number of nitrogens with zero attached hydrogens (tertiary/aromatic N) is 2. The molecule has 0 saturated carbocycles. The minimum atomic E-state index is -0.0355. The van der Waals surface area contributed by atoms with Crippen molar-refractivity contribution >= 4 is 23.2 Å². The van der Waals surface area contributed by atoms with E-state index < -0.39 is 0 Å². The van der Waals surface area contributed by atoms with Crippen molar-refractivity contribution in [2.45, 2.75) is 46.2 Å². The molecular formula is C24H33N3O3. The number of benzene rings is 2. The lowest BCUT2D eigenvalue weighted by atomic mass is 10.1. The summed E-state index contributed by atoms with van der Waals surface area (Å²) in [7, 11) is 5.55. The number of amides is 2. The summed E-state index contributed by atoms with van der Waals surface area (Å²) in [6.07, 6.45) is 1.26. The molecule has 6 heteroatoms. The average Bonchev–Trinajstić information content (AvgIpc) is 2.76. The number of hydrogen-bond donors (Lipinski definition) is 1. The fourth-order valence-corrected chi connectivity index (χ4v) is 3.21. The van der Waals surface area contributed by atoms with Gasteiger partial charge in [0.1, 0.15) is 5.75 Å². The predicted molar refractivity (Wildman–Crippen MR) is 122 cm³/mol. The lowest BCUT2D eigenvalue weighted by Gasteiger charge is -2.31. The number of hydrogen-bond acceptors (Lipinski definition) is 4. The van der Waals surface area contributed by atoms with Crippen LogP contribution in [-0.4, -0.2) is 44.0 Å². The second-order valence-electron chi connectivity index (χ2n) is 7.56. The van der Waals surface area contributed by atoms with E-state index in [1.807, 2.05) is 49.0 Å². The maximum atomic E-state index is 13.3. The van der Waals surface area contributed by atoms with Crippen molar-refractivity contribution in [1.82, 2.24) is 4.90 Å². The van der Waals surface area contributed by atoms with Gasteiger partial charge in [-0.15, -0.1) is 0 Å². The molecule has 2 rings (SSSR count). The molecule has 0 aliphatic carbocycles. The van der Waals surface area contributed by atoms with E-state index in [0.717, 1.165) is 29.1 Å². The molecule has 1 N–H and O–H groups in total. The number of carbonyl (C=O) groups excluding carboxylic acids is 2. The molecule has 0 aromatic heterocycles. The van der Waals surface area contributed by atoms with E-state index in [-0.39, 0.29) is 17.9 Å². The standard InChI is InChI=1S/C24H33N3O3/c1-7-17(3)27(24(29)18-9-12-21(30-6)13-10-18)16-19-15-20(25-23(28)8-2)11-14-22(19)26(4)5/h9-15,17H,7-8,16H2,1-6H3,(H,25,28)/t17-/m1/s1. The zero-order chi connectivity index (χ0) is 22.3. The van der Waals surface area contributed by atoms with E-state index in [1.165, 1.54) is 0 Å². The minimum Gasteiger partial charge on any atom is -0.497 e. The Morgan fingerprint density at radius 3 is 2.27 bits per heavy atom. The second-order valence-corrected chi connectivity index (χ2v) is 7.56. The van der Waals surface area contributed by atoms with Crippen LogP contribution in [0.15, 0.2) is 42.5 Å². The molecule has 0 aliphatic heterocycles. The van der Waals surface area contributed by atoms with Crippen LogP contribution in [-0.2, 0) is 11.3 Å². The van der Waals surface area contributed by atoms with Crippen LogP contribution >= 0.6 is 0 Å². The molecule has 0 bridgehead atoms. The monoisotopic (exact) mass is 411 g/mol. The number of rotatable bonds is 9. The van der Waals surface area contributed by atoms with Crippen molar-refractivity contribution in [2.24, 2.45) is 0 Å². The van der Waals surface area contributed by atoms with Gasteiger partial charge >= 0.3 is 0 Å². The van der Waals surface area contributed by atoms with Gasteiger partial charge in [-0.25, -0.2) is 0 Å². The van der Waals surface area contributed by atoms with E-state index >= 15 is 0 Å². The van der Waals surface area contributed by atoms with Crippen molar-refractivity contribution in [1.29, 1.82) is 0 Å². The quantitative estimate of drug-likeness (QED) is 0.658. The highest BCUT2D eigenvalue weighted by molar-refractivity contribution is 5.95. The molecule has 2 aromatic rings. The van der Waals surface area contributed by atoms with Crippen LogP contribution in [0.4, 0.5) is 11.4 Å². The molecule has 2 amide bonds. The van der Waals surface area contributed by atoms with Gasteiger partial charge < -0.3 is 19.9 Å². The first-order valence-corrected chi connectivity index (χ1v) is 10.4. The van der Waals surface area contributed by atoms with Gasteiger partial charge in [-0.05, 0) is 61.4 Å². The van der Waals surface area contributed by atoms with Crippen LogP contribution in [0.1, 0.15) is 49.5 Å². The molecule has 0 saturated heterocycles. The number of anilines is 2. The largest absolute Gasteiger partial charge is 0.497 e.